The maximum absolute atomic E-state index is 12.4. The van der Waals surface area contributed by atoms with Crippen molar-refractivity contribution in [1.82, 2.24) is 24.8 Å². The Balaban J connectivity index is 1.74. The van der Waals surface area contributed by atoms with E-state index < -0.39 is 0 Å². The fraction of sp³-hybridized carbons (Fsp3) is 0.357. The summed E-state index contributed by atoms with van der Waals surface area (Å²) in [4.78, 5) is 30.6. The van der Waals surface area contributed by atoms with Crippen molar-refractivity contribution in [3.8, 4) is 0 Å². The van der Waals surface area contributed by atoms with Gasteiger partial charge in [-0.1, -0.05) is 0 Å². The van der Waals surface area contributed by atoms with E-state index in [0.717, 1.165) is 11.4 Å². The number of morpholine rings is 1. The highest BCUT2D eigenvalue weighted by Crippen LogP contribution is 2.20. The number of nitrogens with zero attached hydrogens (tertiary/aromatic N) is 5. The second-order valence-corrected chi connectivity index (χ2v) is 4.78. The normalized spacial score (nSPS) is 18.5. The minimum absolute atomic E-state index is 0.139. The SMILES string of the molecule is Cc1cnc(C(=O)N2CCO[C@H](c3cnccn3)C2)cn1. The molecule has 0 N–H and O–H groups in total. The third-order valence-corrected chi connectivity index (χ3v) is 3.27. The average Bonchev–Trinajstić information content (AvgIpc) is 2.56. The number of hydrogen-bond acceptors (Lipinski definition) is 6. The van der Waals surface area contributed by atoms with Crippen LogP contribution in [0.4, 0.5) is 0 Å². The van der Waals surface area contributed by atoms with Crippen LogP contribution in [0.25, 0.3) is 0 Å². The molecule has 0 aliphatic carbocycles. The second-order valence-electron chi connectivity index (χ2n) is 4.78. The summed E-state index contributed by atoms with van der Waals surface area (Å²) in [5.74, 6) is -0.139. The van der Waals surface area contributed by atoms with E-state index in [1.54, 1.807) is 29.7 Å². The molecular weight excluding hydrogens is 270 g/mol. The van der Waals surface area contributed by atoms with Crippen molar-refractivity contribution < 1.29 is 9.53 Å². The molecule has 1 aliphatic heterocycles. The summed E-state index contributed by atoms with van der Waals surface area (Å²) in [6.07, 6.45) is 7.72. The van der Waals surface area contributed by atoms with Crippen molar-refractivity contribution in [2.24, 2.45) is 0 Å². The van der Waals surface area contributed by atoms with Crippen LogP contribution in [0.15, 0.2) is 31.0 Å². The quantitative estimate of drug-likeness (QED) is 0.811. The monoisotopic (exact) mass is 285 g/mol. The maximum atomic E-state index is 12.4. The number of aromatic nitrogens is 4. The van der Waals surface area contributed by atoms with Crippen molar-refractivity contribution in [2.45, 2.75) is 13.0 Å². The number of carbonyl (C=O) groups is 1. The molecule has 1 atom stereocenters. The molecule has 7 nitrogen and oxygen atoms in total. The van der Waals surface area contributed by atoms with Gasteiger partial charge in [-0.25, -0.2) is 4.98 Å². The minimum atomic E-state index is -0.255. The van der Waals surface area contributed by atoms with Crippen molar-refractivity contribution >= 4 is 5.91 Å². The van der Waals surface area contributed by atoms with Crippen LogP contribution in [0.2, 0.25) is 0 Å². The summed E-state index contributed by atoms with van der Waals surface area (Å²) in [5.41, 5.74) is 1.86. The van der Waals surface area contributed by atoms with E-state index in [1.807, 2.05) is 6.92 Å². The van der Waals surface area contributed by atoms with Crippen LogP contribution < -0.4 is 0 Å². The van der Waals surface area contributed by atoms with Gasteiger partial charge in [0.15, 0.2) is 0 Å². The Morgan fingerprint density at radius 3 is 2.86 bits per heavy atom. The van der Waals surface area contributed by atoms with Crippen molar-refractivity contribution in [2.75, 3.05) is 19.7 Å². The molecule has 0 radical (unpaired) electrons. The maximum Gasteiger partial charge on any atom is 0.274 e. The van der Waals surface area contributed by atoms with E-state index >= 15 is 0 Å². The van der Waals surface area contributed by atoms with Crippen LogP contribution >= 0.6 is 0 Å². The number of carbonyl (C=O) groups excluding carboxylic acids is 1. The molecule has 1 fully saturated rings. The van der Waals surface area contributed by atoms with Crippen LogP contribution in [-0.2, 0) is 4.74 Å². The van der Waals surface area contributed by atoms with Gasteiger partial charge in [0.25, 0.3) is 5.91 Å². The molecule has 2 aromatic heterocycles. The molecule has 1 saturated heterocycles. The first-order valence-electron chi connectivity index (χ1n) is 6.69. The zero-order chi connectivity index (χ0) is 14.7. The minimum Gasteiger partial charge on any atom is -0.368 e. The van der Waals surface area contributed by atoms with Crippen molar-refractivity contribution in [1.29, 1.82) is 0 Å². The van der Waals surface area contributed by atoms with E-state index in [1.165, 1.54) is 6.20 Å². The first-order chi connectivity index (χ1) is 10.2. The Hall–Kier alpha value is -2.41. The molecule has 2 aromatic rings. The van der Waals surface area contributed by atoms with Crippen molar-refractivity contribution in [3.05, 3.63) is 48.1 Å². The Bertz CT molecular complexity index is 617. The molecule has 0 saturated carbocycles. The highest BCUT2D eigenvalue weighted by molar-refractivity contribution is 5.92. The summed E-state index contributed by atoms with van der Waals surface area (Å²) in [7, 11) is 0. The molecule has 7 heteroatoms. The fourth-order valence-electron chi connectivity index (χ4n) is 2.15. The summed E-state index contributed by atoms with van der Waals surface area (Å²) in [6, 6.07) is 0. The molecule has 21 heavy (non-hydrogen) atoms. The lowest BCUT2D eigenvalue weighted by Crippen LogP contribution is -2.42. The number of ether oxygens (including phenoxy) is 1. The van der Waals surface area contributed by atoms with Crippen LogP contribution in [0.5, 0.6) is 0 Å². The number of amides is 1. The molecule has 1 amide bonds. The summed E-state index contributed by atoms with van der Waals surface area (Å²) < 4.78 is 5.67. The fourth-order valence-corrected chi connectivity index (χ4v) is 2.15. The molecule has 1 aliphatic rings. The van der Waals surface area contributed by atoms with E-state index in [2.05, 4.69) is 19.9 Å². The van der Waals surface area contributed by atoms with E-state index in [4.69, 9.17) is 4.74 Å². The summed E-state index contributed by atoms with van der Waals surface area (Å²) in [6.45, 7) is 3.27. The first-order valence-corrected chi connectivity index (χ1v) is 6.69. The number of rotatable bonds is 2. The zero-order valence-corrected chi connectivity index (χ0v) is 11.6. The second kappa shape index (κ2) is 5.92. The van der Waals surface area contributed by atoms with E-state index in [0.29, 0.717) is 25.4 Å². The van der Waals surface area contributed by atoms with Crippen LogP contribution in [0.1, 0.15) is 28.0 Å². The number of aryl methyl sites for hydroxylation is 1. The largest absolute Gasteiger partial charge is 0.368 e. The van der Waals surface area contributed by atoms with Crippen LogP contribution in [-0.4, -0.2) is 50.4 Å². The average molecular weight is 285 g/mol. The molecule has 3 heterocycles. The Kier molecular flexibility index (Phi) is 3.83. The van der Waals surface area contributed by atoms with Gasteiger partial charge >= 0.3 is 0 Å². The molecule has 0 spiro atoms. The topological polar surface area (TPSA) is 81.1 Å². The predicted octanol–water partition coefficient (Wildman–Crippen LogP) is 0.789. The third kappa shape index (κ3) is 3.03. The van der Waals surface area contributed by atoms with Gasteiger partial charge in [-0.05, 0) is 6.92 Å². The van der Waals surface area contributed by atoms with E-state index in [-0.39, 0.29) is 12.0 Å². The van der Waals surface area contributed by atoms with Gasteiger partial charge < -0.3 is 9.64 Å². The molecule has 108 valence electrons. The highest BCUT2D eigenvalue weighted by Gasteiger charge is 2.27. The first kappa shape index (κ1) is 13.6. The predicted molar refractivity (Wildman–Crippen MR) is 73.4 cm³/mol. The molecule has 0 bridgehead atoms. The molecule has 0 aromatic carbocycles. The van der Waals surface area contributed by atoms with E-state index in [9.17, 15) is 4.79 Å². The van der Waals surface area contributed by atoms with Gasteiger partial charge in [-0.2, -0.15) is 0 Å². The molecule has 3 rings (SSSR count). The Morgan fingerprint density at radius 1 is 1.24 bits per heavy atom. The molecular formula is C14H15N5O2. The lowest BCUT2D eigenvalue weighted by molar-refractivity contribution is -0.0251. The van der Waals surface area contributed by atoms with Crippen LogP contribution in [0.3, 0.4) is 0 Å². The van der Waals surface area contributed by atoms with Gasteiger partial charge in [0.05, 0.1) is 36.9 Å². The van der Waals surface area contributed by atoms with Gasteiger partial charge in [0.1, 0.15) is 11.8 Å². The van der Waals surface area contributed by atoms with Gasteiger partial charge in [0.2, 0.25) is 0 Å². The zero-order valence-electron chi connectivity index (χ0n) is 11.6. The standard InChI is InChI=1S/C14H15N5O2/c1-10-6-18-12(8-17-10)14(20)19-4-5-21-13(9-19)11-7-15-2-3-16-11/h2-3,6-8,13H,4-5,9H2,1H3/t13-/m0/s1. The van der Waals surface area contributed by atoms with Gasteiger partial charge in [-0.15, -0.1) is 0 Å². The van der Waals surface area contributed by atoms with Gasteiger partial charge in [0, 0.05) is 25.1 Å². The highest BCUT2D eigenvalue weighted by atomic mass is 16.5. The lowest BCUT2D eigenvalue weighted by atomic mass is 10.2. The van der Waals surface area contributed by atoms with Crippen molar-refractivity contribution in [3.63, 3.8) is 0 Å². The Labute approximate surface area is 122 Å². The number of hydrogen-bond donors (Lipinski definition) is 0. The Morgan fingerprint density at radius 2 is 2.14 bits per heavy atom. The summed E-state index contributed by atoms with van der Waals surface area (Å²) in [5, 5.41) is 0. The smallest absolute Gasteiger partial charge is 0.274 e. The third-order valence-electron chi connectivity index (χ3n) is 3.27. The lowest BCUT2D eigenvalue weighted by Gasteiger charge is -2.32. The summed E-state index contributed by atoms with van der Waals surface area (Å²) >= 11 is 0. The van der Waals surface area contributed by atoms with Gasteiger partial charge in [-0.3, -0.25) is 19.7 Å². The van der Waals surface area contributed by atoms with Crippen LogP contribution in [0, 0.1) is 6.92 Å². The molecule has 0 unspecified atom stereocenters.